The largest absolute Gasteiger partial charge is 0.493 e. The number of fused-ring (bicyclic) bond motifs is 2. The second-order valence-corrected chi connectivity index (χ2v) is 12.4. The van der Waals surface area contributed by atoms with Crippen LogP contribution in [0.4, 0.5) is 15.8 Å². The van der Waals surface area contributed by atoms with Gasteiger partial charge in [0.25, 0.3) is 5.91 Å². The van der Waals surface area contributed by atoms with Crippen LogP contribution in [0.3, 0.4) is 0 Å². The zero-order valence-electron chi connectivity index (χ0n) is 24.4. The number of esters is 1. The summed E-state index contributed by atoms with van der Waals surface area (Å²) in [6, 6.07) is 16.3. The molecule has 2 unspecified atom stereocenters. The minimum atomic E-state index is -0.848. The smallest absolute Gasteiger partial charge is 0.338 e. The maximum absolute atomic E-state index is 13.9. The van der Waals surface area contributed by atoms with Crippen molar-refractivity contribution in [3.05, 3.63) is 98.2 Å². The van der Waals surface area contributed by atoms with Crippen molar-refractivity contribution < 1.29 is 37.8 Å². The predicted molar refractivity (Wildman–Crippen MR) is 168 cm³/mol. The maximum Gasteiger partial charge on any atom is 0.338 e. The average molecular weight is 664 g/mol. The Morgan fingerprint density at radius 1 is 0.978 bits per heavy atom. The Kier molecular flexibility index (Phi) is 8.65. The van der Waals surface area contributed by atoms with Gasteiger partial charge in [-0.05, 0) is 73.2 Å². The number of nitrogens with zero attached hydrogens (tertiary/aromatic N) is 1. The normalized spacial score (nSPS) is 18.5. The minimum absolute atomic E-state index is 0.253. The first-order valence-corrected chi connectivity index (χ1v) is 15.8. The molecule has 236 valence electrons. The van der Waals surface area contributed by atoms with Crippen LogP contribution in [-0.2, 0) is 19.1 Å². The highest BCUT2D eigenvalue weighted by Crippen LogP contribution is 2.53. The number of carbonyl (C=O) groups is 4. The van der Waals surface area contributed by atoms with Crippen molar-refractivity contribution in [2.24, 2.45) is 5.92 Å². The molecule has 1 saturated heterocycles. The van der Waals surface area contributed by atoms with Crippen molar-refractivity contribution >= 4 is 58.2 Å². The number of nitrogens with one attached hydrogen (secondary N) is 2. The van der Waals surface area contributed by atoms with E-state index < -0.39 is 46.6 Å². The number of carbonyl (C=O) groups excluding carboxylic acids is 4. The summed E-state index contributed by atoms with van der Waals surface area (Å²) in [6.45, 7) is 1.61. The first kappa shape index (κ1) is 31.0. The van der Waals surface area contributed by atoms with E-state index in [9.17, 15) is 28.4 Å². The summed E-state index contributed by atoms with van der Waals surface area (Å²) in [6.07, 6.45) is 0. The summed E-state index contributed by atoms with van der Waals surface area (Å²) in [7, 11) is 1.43. The average Bonchev–Trinajstić information content (AvgIpc) is 3.54. The van der Waals surface area contributed by atoms with Crippen molar-refractivity contribution in [2.75, 3.05) is 30.5 Å². The predicted octanol–water partition coefficient (Wildman–Crippen LogP) is 4.57. The molecule has 0 aliphatic carbocycles. The standard InChI is InChI=1S/C32H26FN3O8S2/c1-3-43-31(40)16-4-9-19(10-5-16)34-23(37)15-44-21-13-6-17(14-22(21)42-2)24-25-27(45-28-26(24)46-32(41)35-28)30(39)36(29(25)38)20-11-7-18(33)8-12-20/h4-14,24-25,27H,3,15H2,1-2H3,(H,34,37)(H,35,41)/t24-,25?,27?/m1/s1. The van der Waals surface area contributed by atoms with Crippen molar-refractivity contribution in [3.63, 3.8) is 0 Å². The van der Waals surface area contributed by atoms with Gasteiger partial charge in [0.1, 0.15) is 11.1 Å². The lowest BCUT2D eigenvalue weighted by atomic mass is 9.83. The third kappa shape index (κ3) is 5.88. The van der Waals surface area contributed by atoms with Gasteiger partial charge in [-0.1, -0.05) is 29.2 Å². The summed E-state index contributed by atoms with van der Waals surface area (Å²) >= 11 is 2.10. The van der Waals surface area contributed by atoms with E-state index in [1.54, 1.807) is 49.4 Å². The van der Waals surface area contributed by atoms with Gasteiger partial charge in [-0.3, -0.25) is 19.2 Å². The van der Waals surface area contributed by atoms with Crippen molar-refractivity contribution in [1.29, 1.82) is 0 Å². The number of thioether (sulfide) groups is 1. The third-order valence-electron chi connectivity index (χ3n) is 7.49. The number of thiazole rings is 1. The Morgan fingerprint density at radius 3 is 2.41 bits per heavy atom. The lowest BCUT2D eigenvalue weighted by Gasteiger charge is -2.30. The second kappa shape index (κ2) is 12.8. The Morgan fingerprint density at radius 2 is 1.72 bits per heavy atom. The Balaban J connectivity index is 1.22. The van der Waals surface area contributed by atoms with Crippen LogP contribution >= 0.6 is 23.1 Å². The van der Waals surface area contributed by atoms with Crippen LogP contribution in [0, 0.1) is 11.7 Å². The minimum Gasteiger partial charge on any atom is -0.493 e. The molecular formula is C32H26FN3O8S2. The summed E-state index contributed by atoms with van der Waals surface area (Å²) in [4.78, 5) is 68.4. The van der Waals surface area contributed by atoms with E-state index >= 15 is 0 Å². The topological polar surface area (TPSA) is 144 Å². The Hall–Kier alpha value is -4.95. The van der Waals surface area contributed by atoms with E-state index in [-0.39, 0.29) is 35.3 Å². The molecule has 4 aromatic rings. The van der Waals surface area contributed by atoms with Crippen LogP contribution in [0.25, 0.3) is 0 Å². The number of benzene rings is 3. The van der Waals surface area contributed by atoms with E-state index in [1.807, 2.05) is 0 Å². The van der Waals surface area contributed by atoms with Crippen LogP contribution in [0.5, 0.6) is 11.5 Å². The molecule has 0 spiro atoms. The molecule has 3 heterocycles. The lowest BCUT2D eigenvalue weighted by Crippen LogP contribution is -2.32. The number of imide groups is 1. The van der Waals surface area contributed by atoms with E-state index in [0.29, 0.717) is 26.7 Å². The Labute approximate surface area is 269 Å². The summed E-state index contributed by atoms with van der Waals surface area (Å²) in [5, 5.41) is 2.38. The summed E-state index contributed by atoms with van der Waals surface area (Å²) in [5.41, 5.74) is 1.68. The molecule has 2 aliphatic heterocycles. The zero-order valence-corrected chi connectivity index (χ0v) is 26.0. The van der Waals surface area contributed by atoms with Gasteiger partial charge >= 0.3 is 10.8 Å². The molecule has 3 atom stereocenters. The lowest BCUT2D eigenvalue weighted by molar-refractivity contribution is -0.122. The SMILES string of the molecule is CCOC(=O)c1ccc(NC(=O)COc2ccc([C@H]3c4sc(=O)[nH]c4SC4C(=O)N(c5ccc(F)cc5)C(=O)C43)cc2OC)cc1. The molecule has 2 N–H and O–H groups in total. The van der Waals surface area contributed by atoms with Gasteiger partial charge in [0.2, 0.25) is 11.8 Å². The Bertz CT molecular complexity index is 1890. The van der Waals surface area contributed by atoms with Crippen LogP contribution in [0.15, 0.2) is 76.6 Å². The fourth-order valence-corrected chi connectivity index (χ4v) is 7.98. The molecule has 0 radical (unpaired) electrons. The molecule has 0 bridgehead atoms. The molecule has 0 saturated carbocycles. The quantitative estimate of drug-likeness (QED) is 0.194. The molecule has 11 nitrogen and oxygen atoms in total. The van der Waals surface area contributed by atoms with Crippen LogP contribution < -0.4 is 24.6 Å². The van der Waals surface area contributed by atoms with Crippen molar-refractivity contribution in [1.82, 2.24) is 4.98 Å². The number of aromatic nitrogens is 1. The molecule has 14 heteroatoms. The number of aromatic amines is 1. The van der Waals surface area contributed by atoms with Gasteiger partial charge < -0.3 is 24.5 Å². The molecule has 2 aliphatic rings. The molecular weight excluding hydrogens is 637 g/mol. The molecule has 3 aromatic carbocycles. The third-order valence-corrected chi connectivity index (χ3v) is 9.90. The van der Waals surface area contributed by atoms with Gasteiger partial charge in [-0.25, -0.2) is 14.1 Å². The number of hydrogen-bond donors (Lipinski definition) is 2. The first-order chi connectivity index (χ1) is 22.2. The van der Waals surface area contributed by atoms with Crippen molar-refractivity contribution in [3.8, 4) is 11.5 Å². The summed E-state index contributed by atoms with van der Waals surface area (Å²) < 4.78 is 29.9. The summed E-state index contributed by atoms with van der Waals surface area (Å²) in [5.74, 6) is -3.32. The number of hydrogen-bond acceptors (Lipinski definition) is 10. The molecule has 1 fully saturated rings. The molecule has 1 aromatic heterocycles. The van der Waals surface area contributed by atoms with Gasteiger partial charge in [0.15, 0.2) is 18.1 Å². The second-order valence-electron chi connectivity index (χ2n) is 10.3. The number of rotatable bonds is 9. The fourth-order valence-electron chi connectivity index (χ4n) is 5.46. The van der Waals surface area contributed by atoms with Crippen molar-refractivity contribution in [2.45, 2.75) is 23.1 Å². The van der Waals surface area contributed by atoms with E-state index in [0.717, 1.165) is 28.0 Å². The number of amides is 3. The van der Waals surface area contributed by atoms with E-state index in [1.165, 1.54) is 31.4 Å². The van der Waals surface area contributed by atoms with Gasteiger partial charge in [-0.15, -0.1) is 0 Å². The highest BCUT2D eigenvalue weighted by atomic mass is 32.2. The number of methoxy groups -OCH3 is 1. The van der Waals surface area contributed by atoms with Gasteiger partial charge in [0, 0.05) is 16.5 Å². The van der Waals surface area contributed by atoms with Gasteiger partial charge in [0.05, 0.1) is 35.9 Å². The molecule has 46 heavy (non-hydrogen) atoms. The maximum atomic E-state index is 13.9. The van der Waals surface area contributed by atoms with E-state index in [4.69, 9.17) is 14.2 Å². The number of anilines is 2. The van der Waals surface area contributed by atoms with Crippen LogP contribution in [0.2, 0.25) is 0 Å². The number of ether oxygens (including phenoxy) is 3. The number of halogens is 1. The van der Waals surface area contributed by atoms with Gasteiger partial charge in [-0.2, -0.15) is 0 Å². The van der Waals surface area contributed by atoms with E-state index in [2.05, 4.69) is 10.3 Å². The fraction of sp³-hybridized carbons (Fsp3) is 0.219. The highest BCUT2D eigenvalue weighted by Gasteiger charge is 2.56. The monoisotopic (exact) mass is 663 g/mol. The first-order valence-electron chi connectivity index (χ1n) is 14.1. The molecule has 3 amide bonds. The number of H-pyrrole nitrogens is 1. The van der Waals surface area contributed by atoms with Crippen LogP contribution in [-0.4, -0.2) is 54.2 Å². The zero-order chi connectivity index (χ0) is 32.5. The molecule has 6 rings (SSSR count). The van der Waals surface area contributed by atoms with Crippen LogP contribution in [0.1, 0.15) is 33.6 Å². The highest BCUT2D eigenvalue weighted by molar-refractivity contribution is 8.00.